The van der Waals surface area contributed by atoms with E-state index in [-0.39, 0.29) is 24.0 Å². The van der Waals surface area contributed by atoms with E-state index in [2.05, 4.69) is 5.32 Å². The fourth-order valence-electron chi connectivity index (χ4n) is 2.91. The SMILES string of the molecule is CCO[C@H]1C[C@@](O)(CNC(=O)c2ccccc2C)C1(C)C. The number of amides is 1. The molecule has 0 unspecified atom stereocenters. The van der Waals surface area contributed by atoms with Gasteiger partial charge in [0.15, 0.2) is 0 Å². The Bertz CT molecular complexity index is 527. The van der Waals surface area contributed by atoms with E-state index in [4.69, 9.17) is 4.74 Å². The third-order valence-electron chi connectivity index (χ3n) is 4.83. The zero-order chi connectivity index (χ0) is 15.7. The summed E-state index contributed by atoms with van der Waals surface area (Å²) in [5.41, 5.74) is 0.314. The summed E-state index contributed by atoms with van der Waals surface area (Å²) in [6.45, 7) is 8.71. The number of rotatable bonds is 5. The summed E-state index contributed by atoms with van der Waals surface area (Å²) in [5, 5.41) is 13.6. The smallest absolute Gasteiger partial charge is 0.251 e. The minimum absolute atomic E-state index is 0.0443. The van der Waals surface area contributed by atoms with Crippen LogP contribution in [0.4, 0.5) is 0 Å². The van der Waals surface area contributed by atoms with Crippen molar-refractivity contribution < 1.29 is 14.6 Å². The average molecular weight is 291 g/mol. The van der Waals surface area contributed by atoms with Crippen LogP contribution in [0.3, 0.4) is 0 Å². The minimum Gasteiger partial charge on any atom is -0.387 e. The highest BCUT2D eigenvalue weighted by molar-refractivity contribution is 5.95. The summed E-state index contributed by atoms with van der Waals surface area (Å²) in [7, 11) is 0. The van der Waals surface area contributed by atoms with Gasteiger partial charge in [0.2, 0.25) is 0 Å². The highest BCUT2D eigenvalue weighted by Gasteiger charge is 2.59. The minimum atomic E-state index is -0.912. The van der Waals surface area contributed by atoms with Gasteiger partial charge < -0.3 is 15.2 Å². The van der Waals surface area contributed by atoms with Crippen molar-refractivity contribution in [3.05, 3.63) is 35.4 Å². The van der Waals surface area contributed by atoms with E-state index in [1.807, 2.05) is 45.9 Å². The lowest BCUT2D eigenvalue weighted by Crippen LogP contribution is -2.68. The van der Waals surface area contributed by atoms with Crippen LogP contribution in [0.5, 0.6) is 0 Å². The second-order valence-corrected chi connectivity index (χ2v) is 6.40. The first kappa shape index (κ1) is 16.0. The molecule has 1 aromatic rings. The van der Waals surface area contributed by atoms with Crippen molar-refractivity contribution in [1.82, 2.24) is 5.32 Å². The summed E-state index contributed by atoms with van der Waals surface area (Å²) < 4.78 is 5.63. The van der Waals surface area contributed by atoms with Gasteiger partial charge in [-0.3, -0.25) is 4.79 Å². The summed E-state index contributed by atoms with van der Waals surface area (Å²) in [6.07, 6.45) is 0.602. The van der Waals surface area contributed by atoms with Crippen LogP contribution in [-0.2, 0) is 4.74 Å². The highest BCUT2D eigenvalue weighted by Crippen LogP contribution is 2.50. The monoisotopic (exact) mass is 291 g/mol. The molecule has 0 saturated heterocycles. The molecule has 0 bridgehead atoms. The molecule has 1 aliphatic rings. The molecule has 116 valence electrons. The van der Waals surface area contributed by atoms with Crippen molar-refractivity contribution >= 4 is 5.91 Å². The number of hydrogen-bond acceptors (Lipinski definition) is 3. The third kappa shape index (κ3) is 2.83. The normalized spacial score (nSPS) is 27.0. The van der Waals surface area contributed by atoms with Gasteiger partial charge in [0, 0.05) is 30.6 Å². The van der Waals surface area contributed by atoms with Gasteiger partial charge in [0.1, 0.15) is 0 Å². The van der Waals surface area contributed by atoms with Crippen LogP contribution in [0.2, 0.25) is 0 Å². The number of nitrogens with one attached hydrogen (secondary N) is 1. The Morgan fingerprint density at radius 2 is 2.10 bits per heavy atom. The lowest BCUT2D eigenvalue weighted by molar-refractivity contribution is -0.237. The van der Waals surface area contributed by atoms with Gasteiger partial charge in [-0.05, 0) is 25.5 Å². The Hall–Kier alpha value is -1.39. The molecule has 1 aliphatic carbocycles. The molecule has 21 heavy (non-hydrogen) atoms. The number of aliphatic hydroxyl groups is 1. The maximum Gasteiger partial charge on any atom is 0.251 e. The van der Waals surface area contributed by atoms with Crippen LogP contribution in [-0.4, -0.2) is 35.9 Å². The van der Waals surface area contributed by atoms with Crippen LogP contribution >= 0.6 is 0 Å². The fraction of sp³-hybridized carbons (Fsp3) is 0.588. The van der Waals surface area contributed by atoms with Crippen LogP contribution in [0.15, 0.2) is 24.3 Å². The van der Waals surface area contributed by atoms with Crippen molar-refractivity contribution in [3.63, 3.8) is 0 Å². The van der Waals surface area contributed by atoms with Gasteiger partial charge in [-0.25, -0.2) is 0 Å². The second kappa shape index (κ2) is 5.78. The van der Waals surface area contributed by atoms with Gasteiger partial charge in [-0.15, -0.1) is 0 Å². The van der Waals surface area contributed by atoms with Crippen LogP contribution in [0.25, 0.3) is 0 Å². The number of hydrogen-bond donors (Lipinski definition) is 2. The summed E-state index contributed by atoms with van der Waals surface area (Å²) in [4.78, 5) is 12.2. The molecule has 0 radical (unpaired) electrons. The molecular formula is C17H25NO3. The molecule has 0 spiro atoms. The largest absolute Gasteiger partial charge is 0.387 e. The number of benzene rings is 1. The first-order valence-corrected chi connectivity index (χ1v) is 7.49. The van der Waals surface area contributed by atoms with E-state index >= 15 is 0 Å². The van der Waals surface area contributed by atoms with Gasteiger partial charge in [-0.1, -0.05) is 32.0 Å². The van der Waals surface area contributed by atoms with Gasteiger partial charge >= 0.3 is 0 Å². The molecular weight excluding hydrogens is 266 g/mol. The van der Waals surface area contributed by atoms with E-state index in [0.29, 0.717) is 18.6 Å². The quantitative estimate of drug-likeness (QED) is 0.875. The first-order valence-electron chi connectivity index (χ1n) is 7.49. The third-order valence-corrected chi connectivity index (χ3v) is 4.83. The molecule has 2 atom stereocenters. The molecule has 0 heterocycles. The predicted molar refractivity (Wildman–Crippen MR) is 82.3 cm³/mol. The standard InChI is InChI=1S/C17H25NO3/c1-5-21-14-10-17(20,16(14,3)4)11-18-15(19)13-9-7-6-8-12(13)2/h6-9,14,20H,5,10-11H2,1-4H3,(H,18,19)/t14-,17+/m0/s1. The molecule has 1 fully saturated rings. The van der Waals surface area contributed by atoms with Crippen molar-refractivity contribution in [2.24, 2.45) is 5.41 Å². The molecule has 4 heteroatoms. The topological polar surface area (TPSA) is 58.6 Å². The molecule has 2 N–H and O–H groups in total. The molecule has 4 nitrogen and oxygen atoms in total. The Morgan fingerprint density at radius 1 is 1.43 bits per heavy atom. The van der Waals surface area contributed by atoms with E-state index in [9.17, 15) is 9.90 Å². The Labute approximate surface area is 126 Å². The second-order valence-electron chi connectivity index (χ2n) is 6.40. The van der Waals surface area contributed by atoms with Crippen molar-refractivity contribution in [2.75, 3.05) is 13.2 Å². The predicted octanol–water partition coefficient (Wildman–Crippen LogP) is 2.29. The molecule has 1 aromatic carbocycles. The summed E-state index contributed by atoms with van der Waals surface area (Å²) in [6, 6.07) is 7.45. The number of carbonyl (C=O) groups excluding carboxylic acids is 1. The number of carbonyl (C=O) groups is 1. The van der Waals surface area contributed by atoms with Crippen molar-refractivity contribution in [2.45, 2.75) is 45.8 Å². The molecule has 0 aromatic heterocycles. The zero-order valence-electron chi connectivity index (χ0n) is 13.3. The van der Waals surface area contributed by atoms with E-state index in [0.717, 1.165) is 5.56 Å². The summed E-state index contributed by atoms with van der Waals surface area (Å²) >= 11 is 0. The van der Waals surface area contributed by atoms with E-state index in [1.165, 1.54) is 0 Å². The van der Waals surface area contributed by atoms with E-state index < -0.39 is 5.60 Å². The van der Waals surface area contributed by atoms with E-state index in [1.54, 1.807) is 6.07 Å². The first-order chi connectivity index (χ1) is 9.82. The molecule has 1 amide bonds. The maximum absolute atomic E-state index is 12.2. The molecule has 0 aliphatic heterocycles. The zero-order valence-corrected chi connectivity index (χ0v) is 13.3. The highest BCUT2D eigenvalue weighted by atomic mass is 16.5. The maximum atomic E-state index is 12.2. The van der Waals surface area contributed by atoms with Gasteiger partial charge in [-0.2, -0.15) is 0 Å². The Balaban J connectivity index is 1.98. The number of aryl methyl sites for hydroxylation is 1. The fourth-order valence-corrected chi connectivity index (χ4v) is 2.91. The Kier molecular flexibility index (Phi) is 4.40. The molecule has 2 rings (SSSR count). The number of ether oxygens (including phenoxy) is 1. The van der Waals surface area contributed by atoms with Crippen LogP contribution < -0.4 is 5.32 Å². The van der Waals surface area contributed by atoms with Crippen molar-refractivity contribution in [1.29, 1.82) is 0 Å². The van der Waals surface area contributed by atoms with Crippen molar-refractivity contribution in [3.8, 4) is 0 Å². The van der Waals surface area contributed by atoms with Crippen LogP contribution in [0, 0.1) is 12.3 Å². The van der Waals surface area contributed by atoms with Crippen LogP contribution in [0.1, 0.15) is 43.1 Å². The lowest BCUT2D eigenvalue weighted by Gasteiger charge is -2.57. The lowest BCUT2D eigenvalue weighted by atomic mass is 9.56. The Morgan fingerprint density at radius 3 is 2.67 bits per heavy atom. The van der Waals surface area contributed by atoms with Gasteiger partial charge in [0.25, 0.3) is 5.91 Å². The van der Waals surface area contributed by atoms with Gasteiger partial charge in [0.05, 0.1) is 11.7 Å². The molecule has 1 saturated carbocycles. The summed E-state index contributed by atoms with van der Waals surface area (Å²) in [5.74, 6) is -0.141. The average Bonchev–Trinajstić information content (AvgIpc) is 2.45.